The van der Waals surface area contributed by atoms with Crippen molar-refractivity contribution >= 4 is 29.1 Å². The molecule has 1 aromatic carbocycles. The summed E-state index contributed by atoms with van der Waals surface area (Å²) in [4.78, 5) is 11.9. The number of ether oxygens (including phenoxy) is 1. The molecule has 0 aliphatic carbocycles. The fraction of sp³-hybridized carbons (Fsp3) is 0.154. The van der Waals surface area contributed by atoms with Crippen LogP contribution in [0.2, 0.25) is 10.0 Å². The number of aromatic amines is 1. The summed E-state index contributed by atoms with van der Waals surface area (Å²) in [6.45, 7) is 0.137. The van der Waals surface area contributed by atoms with Crippen molar-refractivity contribution in [2.75, 3.05) is 0 Å². The van der Waals surface area contributed by atoms with Crippen molar-refractivity contribution in [3.63, 3.8) is 0 Å². The molecule has 2 heterocycles. The van der Waals surface area contributed by atoms with Crippen molar-refractivity contribution in [2.45, 2.75) is 13.2 Å². The van der Waals surface area contributed by atoms with Gasteiger partial charge in [0.1, 0.15) is 6.61 Å². The maximum atomic E-state index is 11.9. The summed E-state index contributed by atoms with van der Waals surface area (Å²) < 4.78 is 10.6. The zero-order chi connectivity index (χ0) is 16.9. The van der Waals surface area contributed by atoms with Gasteiger partial charge in [0.15, 0.2) is 23.0 Å². The van der Waals surface area contributed by atoms with Crippen LogP contribution in [0.25, 0.3) is 0 Å². The van der Waals surface area contributed by atoms with Gasteiger partial charge in [-0.1, -0.05) is 39.6 Å². The highest BCUT2D eigenvalue weighted by Crippen LogP contribution is 2.32. The summed E-state index contributed by atoms with van der Waals surface area (Å²) in [5, 5.41) is 20.1. The summed E-state index contributed by atoms with van der Waals surface area (Å²) in [6.07, 6.45) is 0. The highest BCUT2D eigenvalue weighted by Gasteiger charge is 2.14. The molecule has 0 saturated heterocycles. The van der Waals surface area contributed by atoms with Crippen molar-refractivity contribution < 1.29 is 14.1 Å². The molecule has 0 atom stereocenters. The average Bonchev–Trinajstić information content (AvgIpc) is 3.24. The first-order valence-corrected chi connectivity index (χ1v) is 7.42. The zero-order valence-corrected chi connectivity index (χ0v) is 13.5. The fourth-order valence-electron chi connectivity index (χ4n) is 1.76. The van der Waals surface area contributed by atoms with Crippen molar-refractivity contribution in [2.24, 2.45) is 0 Å². The van der Waals surface area contributed by atoms with Crippen LogP contribution in [0.15, 0.2) is 28.8 Å². The van der Waals surface area contributed by atoms with Gasteiger partial charge >= 0.3 is 0 Å². The zero-order valence-electron chi connectivity index (χ0n) is 12.0. The Morgan fingerprint density at radius 1 is 1.33 bits per heavy atom. The average molecular weight is 369 g/mol. The Bertz CT molecular complexity index is 816. The molecule has 0 aliphatic rings. The van der Waals surface area contributed by atoms with Gasteiger partial charge < -0.3 is 14.6 Å². The maximum Gasteiger partial charge on any atom is 0.273 e. The number of halogens is 2. The van der Waals surface area contributed by atoms with Crippen LogP contribution in [-0.2, 0) is 13.2 Å². The second kappa shape index (κ2) is 7.28. The molecule has 2 N–H and O–H groups in total. The van der Waals surface area contributed by atoms with Gasteiger partial charge in [0.05, 0.1) is 16.6 Å². The predicted octanol–water partition coefficient (Wildman–Crippen LogP) is 2.00. The molecule has 3 aromatic rings. The van der Waals surface area contributed by atoms with Crippen LogP contribution in [0.3, 0.4) is 0 Å². The number of H-pyrrole nitrogens is 1. The second-order valence-corrected chi connectivity index (χ2v) is 5.34. The van der Waals surface area contributed by atoms with Crippen molar-refractivity contribution in [3.05, 3.63) is 51.6 Å². The lowest BCUT2D eigenvalue weighted by molar-refractivity contribution is 0.0940. The highest BCUT2D eigenvalue weighted by atomic mass is 35.5. The topological polar surface area (TPSA) is 119 Å². The Labute approximate surface area is 145 Å². The van der Waals surface area contributed by atoms with E-state index in [0.29, 0.717) is 27.4 Å². The lowest BCUT2D eigenvalue weighted by Crippen LogP contribution is -2.23. The molecule has 24 heavy (non-hydrogen) atoms. The third-order valence-electron chi connectivity index (χ3n) is 2.87. The van der Waals surface area contributed by atoms with E-state index in [1.807, 2.05) is 0 Å². The largest absolute Gasteiger partial charge is 0.482 e. The minimum absolute atomic E-state index is 0.0224. The molecule has 0 bridgehead atoms. The molecular formula is C13H10Cl2N6O3. The number of carbonyl (C=O) groups excluding carboxylic acids is 1. The van der Waals surface area contributed by atoms with Gasteiger partial charge in [-0.2, -0.15) is 5.21 Å². The lowest BCUT2D eigenvalue weighted by Gasteiger charge is -2.07. The van der Waals surface area contributed by atoms with Crippen molar-refractivity contribution in [3.8, 4) is 5.75 Å². The lowest BCUT2D eigenvalue weighted by atomic mass is 10.3. The number of rotatable bonds is 6. The normalized spacial score (nSPS) is 10.6. The Kier molecular flexibility index (Phi) is 4.92. The number of nitrogens with zero attached hydrogens (tertiary/aromatic N) is 4. The SMILES string of the molecule is O=C(NCc1nn[nH]n1)c1cc(COc2c(Cl)cccc2Cl)on1. The fourth-order valence-corrected chi connectivity index (χ4v) is 2.27. The van der Waals surface area contributed by atoms with E-state index in [1.165, 1.54) is 6.07 Å². The first-order valence-electron chi connectivity index (χ1n) is 6.66. The molecule has 11 heteroatoms. The molecule has 1 amide bonds. The molecular weight excluding hydrogens is 359 g/mol. The van der Waals surface area contributed by atoms with E-state index in [4.69, 9.17) is 32.5 Å². The smallest absolute Gasteiger partial charge is 0.273 e. The Morgan fingerprint density at radius 3 is 2.83 bits per heavy atom. The van der Waals surface area contributed by atoms with Gasteiger partial charge in [-0.15, -0.1) is 10.2 Å². The third kappa shape index (κ3) is 3.81. The number of aromatic nitrogens is 5. The molecule has 2 aromatic heterocycles. The van der Waals surface area contributed by atoms with Gasteiger partial charge in [0, 0.05) is 6.07 Å². The van der Waals surface area contributed by atoms with Gasteiger partial charge in [0.25, 0.3) is 5.91 Å². The minimum Gasteiger partial charge on any atom is -0.482 e. The van der Waals surface area contributed by atoms with Gasteiger partial charge in [0.2, 0.25) is 0 Å². The van der Waals surface area contributed by atoms with Crippen LogP contribution in [0, 0.1) is 0 Å². The number of amides is 1. The van der Waals surface area contributed by atoms with Gasteiger partial charge in [-0.25, -0.2) is 0 Å². The highest BCUT2D eigenvalue weighted by molar-refractivity contribution is 6.37. The maximum absolute atomic E-state index is 11.9. The quantitative estimate of drug-likeness (QED) is 0.682. The molecule has 0 fully saturated rings. The molecule has 0 saturated carbocycles. The van der Waals surface area contributed by atoms with Crippen LogP contribution in [0.1, 0.15) is 22.1 Å². The van der Waals surface area contributed by atoms with Gasteiger partial charge in [-0.05, 0) is 12.1 Å². The third-order valence-corrected chi connectivity index (χ3v) is 3.46. The van der Waals surface area contributed by atoms with Crippen LogP contribution in [-0.4, -0.2) is 31.7 Å². The Hall–Kier alpha value is -2.65. The molecule has 124 valence electrons. The van der Waals surface area contributed by atoms with Crippen LogP contribution < -0.4 is 10.1 Å². The number of hydrogen-bond acceptors (Lipinski definition) is 7. The van der Waals surface area contributed by atoms with Crippen LogP contribution in [0.5, 0.6) is 5.75 Å². The molecule has 0 unspecified atom stereocenters. The van der Waals surface area contributed by atoms with E-state index >= 15 is 0 Å². The first-order chi connectivity index (χ1) is 11.6. The summed E-state index contributed by atoms with van der Waals surface area (Å²) >= 11 is 12.0. The molecule has 0 aliphatic heterocycles. The van der Waals surface area contributed by atoms with Crippen LogP contribution in [0.4, 0.5) is 0 Å². The molecule has 9 nitrogen and oxygen atoms in total. The molecule has 0 spiro atoms. The van der Waals surface area contributed by atoms with Crippen molar-refractivity contribution in [1.29, 1.82) is 0 Å². The summed E-state index contributed by atoms with van der Waals surface area (Å²) in [7, 11) is 0. The number of carbonyl (C=O) groups is 1. The predicted molar refractivity (Wildman–Crippen MR) is 82.6 cm³/mol. The monoisotopic (exact) mass is 368 g/mol. The molecule has 0 radical (unpaired) electrons. The summed E-state index contributed by atoms with van der Waals surface area (Å²) in [5.74, 6) is 0.588. The standard InChI is InChI=1S/C13H10Cl2N6O3/c14-8-2-1-3-9(15)12(8)23-6-7-4-10(19-24-7)13(22)16-5-11-17-20-21-18-11/h1-4H,5-6H2,(H,16,22)(H,17,18,20,21). The number of para-hydroxylation sites is 1. The van der Waals surface area contributed by atoms with Crippen LogP contribution >= 0.6 is 23.2 Å². The van der Waals surface area contributed by atoms with E-state index < -0.39 is 5.91 Å². The van der Waals surface area contributed by atoms with E-state index in [-0.39, 0.29) is 18.8 Å². The first kappa shape index (κ1) is 16.2. The number of tetrazole rings is 1. The summed E-state index contributed by atoms with van der Waals surface area (Å²) in [5.41, 5.74) is 0.0994. The Morgan fingerprint density at radius 2 is 2.12 bits per heavy atom. The van der Waals surface area contributed by atoms with E-state index in [9.17, 15) is 4.79 Å². The van der Waals surface area contributed by atoms with E-state index in [2.05, 4.69) is 31.1 Å². The summed E-state index contributed by atoms with van der Waals surface area (Å²) in [6, 6.07) is 6.47. The van der Waals surface area contributed by atoms with E-state index in [0.717, 1.165) is 0 Å². The van der Waals surface area contributed by atoms with Gasteiger partial charge in [-0.3, -0.25) is 4.79 Å². The second-order valence-electron chi connectivity index (χ2n) is 4.53. The molecule has 3 rings (SSSR count). The minimum atomic E-state index is -0.439. The Balaban J connectivity index is 1.58. The van der Waals surface area contributed by atoms with E-state index in [1.54, 1.807) is 18.2 Å². The number of nitrogens with one attached hydrogen (secondary N) is 2. The number of hydrogen-bond donors (Lipinski definition) is 2. The van der Waals surface area contributed by atoms with Crippen molar-refractivity contribution in [1.82, 2.24) is 31.1 Å². The number of benzene rings is 1.